The molecule has 2 amide bonds. The fourth-order valence-electron chi connectivity index (χ4n) is 6.60. The third-order valence-corrected chi connectivity index (χ3v) is 11.2. The first-order valence-corrected chi connectivity index (χ1v) is 17.0. The molecule has 1 spiro atoms. The zero-order valence-electron chi connectivity index (χ0n) is 25.8. The number of hydrogen-bond acceptors (Lipinski definition) is 8. The number of anilines is 2. The van der Waals surface area contributed by atoms with E-state index in [1.165, 1.54) is 28.0 Å². The van der Waals surface area contributed by atoms with Gasteiger partial charge in [-0.1, -0.05) is 95.9 Å². The average Bonchev–Trinajstić information content (AvgIpc) is 3.71. The minimum absolute atomic E-state index is 0.0108. The number of hydrogen-bond donors (Lipinski definition) is 0. The van der Waals surface area contributed by atoms with Gasteiger partial charge in [0.15, 0.2) is 15.3 Å². The van der Waals surface area contributed by atoms with Gasteiger partial charge >= 0.3 is 0 Å². The predicted octanol–water partition coefficient (Wildman–Crippen LogP) is 7.31. The summed E-state index contributed by atoms with van der Waals surface area (Å²) in [6.07, 6.45) is 0. The fourth-order valence-corrected chi connectivity index (χ4v) is 8.45. The summed E-state index contributed by atoms with van der Waals surface area (Å²) in [5.41, 5.74) is 4.14. The molecule has 4 aromatic carbocycles. The smallest absolute Gasteiger partial charge is 0.297 e. The summed E-state index contributed by atoms with van der Waals surface area (Å²) in [7, 11) is 0. The molecule has 0 N–H and O–H groups in total. The van der Waals surface area contributed by atoms with Crippen LogP contribution in [0.2, 0.25) is 0 Å². The topological polar surface area (TPSA) is 96.6 Å². The van der Waals surface area contributed by atoms with Gasteiger partial charge in [-0.25, -0.2) is 0 Å². The van der Waals surface area contributed by atoms with Gasteiger partial charge < -0.3 is 9.32 Å². The molecular weight excluding hydrogens is 629 g/mol. The van der Waals surface area contributed by atoms with Crippen LogP contribution in [0.5, 0.6) is 0 Å². The molecule has 1 unspecified atom stereocenters. The molecule has 8 nitrogen and oxygen atoms in total. The summed E-state index contributed by atoms with van der Waals surface area (Å²) in [5, 5.41) is 9.41. The van der Waals surface area contributed by atoms with Crippen molar-refractivity contribution >= 4 is 56.7 Å². The number of thioether (sulfide) groups is 1. The Bertz CT molecular complexity index is 2320. The van der Waals surface area contributed by atoms with Gasteiger partial charge in [-0.15, -0.1) is 10.2 Å². The highest BCUT2D eigenvalue weighted by atomic mass is 32.2. The summed E-state index contributed by atoms with van der Waals surface area (Å²) < 4.78 is 6.94. The van der Waals surface area contributed by atoms with Crippen LogP contribution in [0.25, 0.3) is 11.0 Å². The molecule has 1 atom stereocenters. The Morgan fingerprint density at radius 1 is 0.830 bits per heavy atom. The molecule has 4 heterocycles. The zero-order valence-corrected chi connectivity index (χ0v) is 27.4. The first kappa shape index (κ1) is 29.3. The van der Waals surface area contributed by atoms with Crippen LogP contribution >= 0.6 is 23.1 Å². The number of aryl methyl sites for hydroxylation is 3. The van der Waals surface area contributed by atoms with Crippen LogP contribution in [-0.2, 0) is 22.6 Å². The van der Waals surface area contributed by atoms with E-state index in [0.717, 1.165) is 27.8 Å². The molecule has 2 aliphatic heterocycles. The highest BCUT2D eigenvalue weighted by molar-refractivity contribution is 8.00. The molecule has 232 valence electrons. The normalized spacial score (nSPS) is 16.8. The highest BCUT2D eigenvalue weighted by Crippen LogP contribution is 2.55. The minimum atomic E-state index is -1.83. The standard InChI is InChI=1S/C37H28N4O4S2/c1-21-11-7-8-14-25(21)19-40-28-16-10-9-15-27(28)37(34(40)44)30-31(42)26-17-22(2)23(3)18-29(26)45-32(30)33(43)41(37)35-38-39-36(47-35)46-20-24-12-5-4-6-13-24/h4-18H,19-20H2,1-3H3. The molecule has 0 aliphatic carbocycles. The molecule has 6 aromatic rings. The van der Waals surface area contributed by atoms with Gasteiger partial charge in [0.05, 0.1) is 23.2 Å². The lowest BCUT2D eigenvalue weighted by molar-refractivity contribution is -0.121. The van der Waals surface area contributed by atoms with Gasteiger partial charge in [-0.3, -0.25) is 19.3 Å². The maximum atomic E-state index is 15.2. The van der Waals surface area contributed by atoms with Crippen molar-refractivity contribution in [3.63, 3.8) is 0 Å². The first-order chi connectivity index (χ1) is 22.8. The van der Waals surface area contributed by atoms with E-state index >= 15 is 4.79 Å². The minimum Gasteiger partial charge on any atom is -0.450 e. The van der Waals surface area contributed by atoms with E-state index in [9.17, 15) is 9.59 Å². The maximum Gasteiger partial charge on any atom is 0.297 e. The van der Waals surface area contributed by atoms with E-state index in [2.05, 4.69) is 10.2 Å². The summed E-state index contributed by atoms with van der Waals surface area (Å²) in [6, 6.07) is 28.8. The molecule has 0 saturated carbocycles. The Labute approximate surface area is 278 Å². The van der Waals surface area contributed by atoms with Gasteiger partial charge in [0.2, 0.25) is 10.9 Å². The van der Waals surface area contributed by atoms with E-state index in [1.807, 2.05) is 99.6 Å². The van der Waals surface area contributed by atoms with Crippen molar-refractivity contribution in [1.29, 1.82) is 0 Å². The number of fused-ring (bicyclic) bond motifs is 5. The molecule has 47 heavy (non-hydrogen) atoms. The quantitative estimate of drug-likeness (QED) is 0.137. The van der Waals surface area contributed by atoms with Crippen molar-refractivity contribution in [2.24, 2.45) is 0 Å². The lowest BCUT2D eigenvalue weighted by Gasteiger charge is -2.32. The van der Waals surface area contributed by atoms with Gasteiger partial charge in [0.25, 0.3) is 11.8 Å². The van der Waals surface area contributed by atoms with E-state index in [4.69, 9.17) is 4.42 Å². The number of rotatable bonds is 6. The van der Waals surface area contributed by atoms with Crippen LogP contribution in [-0.4, -0.2) is 22.0 Å². The van der Waals surface area contributed by atoms with Crippen LogP contribution in [0.1, 0.15) is 49.5 Å². The molecular formula is C37H28N4O4S2. The fraction of sp³-hybridized carbons (Fsp3) is 0.162. The number of carbonyl (C=O) groups excluding carboxylic acids is 2. The van der Waals surface area contributed by atoms with E-state index in [1.54, 1.807) is 17.0 Å². The van der Waals surface area contributed by atoms with Gasteiger partial charge in [-0.2, -0.15) is 0 Å². The van der Waals surface area contributed by atoms with Crippen LogP contribution in [0.3, 0.4) is 0 Å². The first-order valence-electron chi connectivity index (χ1n) is 15.2. The van der Waals surface area contributed by atoms with E-state index < -0.39 is 22.8 Å². The van der Waals surface area contributed by atoms with Gasteiger partial charge in [0.1, 0.15) is 5.58 Å². The van der Waals surface area contributed by atoms with Crippen molar-refractivity contribution in [3.8, 4) is 0 Å². The lowest BCUT2D eigenvalue weighted by Crippen LogP contribution is -2.53. The number of benzene rings is 4. The predicted molar refractivity (Wildman–Crippen MR) is 184 cm³/mol. The number of carbonyl (C=O) groups is 2. The van der Waals surface area contributed by atoms with E-state index in [-0.39, 0.29) is 23.0 Å². The highest BCUT2D eigenvalue weighted by Gasteiger charge is 2.66. The third-order valence-electron chi connectivity index (χ3n) is 9.12. The van der Waals surface area contributed by atoms with Gasteiger partial charge in [0, 0.05) is 11.3 Å². The third kappa shape index (κ3) is 4.39. The monoisotopic (exact) mass is 656 g/mol. The SMILES string of the molecule is Cc1cc2oc3c(c(=O)c2cc1C)C1(C(=O)N(Cc2ccccc2C)c2ccccc21)N(c1nnc(SCc2ccccc2)s1)C3=O. The second-order valence-corrected chi connectivity index (χ2v) is 14.1. The average molecular weight is 657 g/mol. The molecule has 0 saturated heterocycles. The number of amides is 2. The number of aromatic nitrogens is 2. The summed E-state index contributed by atoms with van der Waals surface area (Å²) >= 11 is 2.71. The Kier molecular flexibility index (Phi) is 6.89. The second kappa shape index (κ2) is 11.0. The van der Waals surface area contributed by atoms with Crippen molar-refractivity contribution in [2.45, 2.75) is 42.9 Å². The number of nitrogens with zero attached hydrogens (tertiary/aromatic N) is 4. The Morgan fingerprint density at radius 2 is 1.55 bits per heavy atom. The number of para-hydroxylation sites is 1. The largest absolute Gasteiger partial charge is 0.450 e. The molecule has 2 aromatic heterocycles. The summed E-state index contributed by atoms with van der Waals surface area (Å²) in [6.45, 7) is 6.10. The Morgan fingerprint density at radius 3 is 2.36 bits per heavy atom. The Hall–Kier alpha value is -5.06. The molecule has 8 rings (SSSR count). The van der Waals surface area contributed by atoms with Crippen molar-refractivity contribution < 1.29 is 14.0 Å². The molecule has 0 fully saturated rings. The van der Waals surface area contributed by atoms with Gasteiger partial charge in [-0.05, 0) is 66.8 Å². The Balaban J connectivity index is 1.35. The molecule has 10 heteroatoms. The zero-order chi connectivity index (χ0) is 32.4. The van der Waals surface area contributed by atoms with Crippen molar-refractivity contribution in [1.82, 2.24) is 10.2 Å². The van der Waals surface area contributed by atoms with Crippen LogP contribution in [0, 0.1) is 20.8 Å². The van der Waals surface area contributed by atoms with Crippen molar-refractivity contribution in [3.05, 3.63) is 146 Å². The van der Waals surface area contributed by atoms with Crippen LogP contribution < -0.4 is 15.2 Å². The van der Waals surface area contributed by atoms with E-state index in [0.29, 0.717) is 32.3 Å². The molecule has 0 bridgehead atoms. The molecule has 2 aliphatic rings. The molecule has 0 radical (unpaired) electrons. The second-order valence-electron chi connectivity index (χ2n) is 11.9. The maximum absolute atomic E-state index is 15.2. The van der Waals surface area contributed by atoms with Crippen LogP contribution in [0.15, 0.2) is 105 Å². The lowest BCUT2D eigenvalue weighted by atomic mass is 9.84. The van der Waals surface area contributed by atoms with Crippen LogP contribution in [0.4, 0.5) is 10.8 Å². The summed E-state index contributed by atoms with van der Waals surface area (Å²) in [5.74, 6) is -0.516. The summed E-state index contributed by atoms with van der Waals surface area (Å²) in [4.78, 5) is 47.5. The van der Waals surface area contributed by atoms with Crippen molar-refractivity contribution in [2.75, 3.05) is 9.80 Å².